The number of alkyl halides is 1. The first kappa shape index (κ1) is 12.1. The first-order chi connectivity index (χ1) is 9.61. The van der Waals surface area contributed by atoms with Crippen molar-refractivity contribution in [2.24, 2.45) is 0 Å². The second kappa shape index (κ2) is 3.92. The summed E-state index contributed by atoms with van der Waals surface area (Å²) < 4.78 is -0.178. The Labute approximate surface area is 124 Å². The number of hydrogen-bond acceptors (Lipinski definition) is 2. The average Bonchev–Trinajstić information content (AvgIpc) is 2.47. The zero-order valence-corrected chi connectivity index (χ0v) is 12.3. The maximum atomic E-state index is 11.0. The molecule has 0 amide bonds. The Morgan fingerprint density at radius 1 is 1.15 bits per heavy atom. The van der Waals surface area contributed by atoms with E-state index in [1.165, 1.54) is 16.7 Å². The Hall–Kier alpha value is -1.68. The van der Waals surface area contributed by atoms with E-state index in [0.29, 0.717) is 5.92 Å². The van der Waals surface area contributed by atoms with Gasteiger partial charge in [0.15, 0.2) is 0 Å². The number of halogens is 1. The number of fused-ring (bicyclic) bond motifs is 1. The topological polar surface area (TPSA) is 43.1 Å². The molecule has 0 radical (unpaired) electrons. The molecule has 5 rings (SSSR count). The first-order valence-corrected chi connectivity index (χ1v) is 7.48. The molecule has 0 saturated carbocycles. The number of nitrogens with zero attached hydrogens (tertiary/aromatic N) is 1. The molecule has 3 nitrogen and oxygen atoms in total. The number of benzene rings is 2. The van der Waals surface area contributed by atoms with Gasteiger partial charge in [0.1, 0.15) is 0 Å². The lowest BCUT2D eigenvalue weighted by molar-refractivity contribution is -0.385. The third-order valence-electron chi connectivity index (χ3n) is 4.59. The highest BCUT2D eigenvalue weighted by molar-refractivity contribution is 9.09. The van der Waals surface area contributed by atoms with E-state index in [-0.39, 0.29) is 14.9 Å². The predicted molar refractivity (Wildman–Crippen MR) is 80.3 cm³/mol. The summed E-state index contributed by atoms with van der Waals surface area (Å²) in [4.78, 5) is 10.7. The molecule has 0 aromatic heterocycles. The zero-order chi connectivity index (χ0) is 13.9. The van der Waals surface area contributed by atoms with Crippen LogP contribution in [0.15, 0.2) is 42.5 Å². The Bertz CT molecular complexity index is 743. The van der Waals surface area contributed by atoms with E-state index in [9.17, 15) is 10.1 Å². The molecule has 2 atom stereocenters. The van der Waals surface area contributed by atoms with Gasteiger partial charge >= 0.3 is 0 Å². The third kappa shape index (κ3) is 1.40. The van der Waals surface area contributed by atoms with Crippen molar-refractivity contribution >= 4 is 21.6 Å². The van der Waals surface area contributed by atoms with Crippen molar-refractivity contribution in [3.63, 3.8) is 0 Å². The fourth-order valence-electron chi connectivity index (χ4n) is 3.71. The fourth-order valence-corrected chi connectivity index (χ4v) is 4.66. The molecule has 0 saturated heterocycles. The van der Waals surface area contributed by atoms with Crippen LogP contribution >= 0.6 is 15.9 Å². The average molecular weight is 330 g/mol. The van der Waals surface area contributed by atoms with Gasteiger partial charge in [0.2, 0.25) is 0 Å². The molecule has 0 spiro atoms. The first-order valence-electron chi connectivity index (χ1n) is 6.68. The van der Waals surface area contributed by atoms with Gasteiger partial charge in [-0.2, -0.15) is 0 Å². The van der Waals surface area contributed by atoms with E-state index in [4.69, 9.17) is 0 Å². The van der Waals surface area contributed by atoms with Crippen LogP contribution in [0.5, 0.6) is 0 Å². The Balaban J connectivity index is 2.01. The van der Waals surface area contributed by atoms with E-state index in [2.05, 4.69) is 34.1 Å². The molecule has 20 heavy (non-hydrogen) atoms. The summed E-state index contributed by atoms with van der Waals surface area (Å²) in [6.45, 7) is 0. The monoisotopic (exact) mass is 329 g/mol. The quantitative estimate of drug-likeness (QED) is 0.440. The lowest BCUT2D eigenvalue weighted by Gasteiger charge is -2.46. The van der Waals surface area contributed by atoms with Crippen LogP contribution in [0.25, 0.3) is 0 Å². The predicted octanol–water partition coefficient (Wildman–Crippen LogP) is 4.47. The third-order valence-corrected chi connectivity index (χ3v) is 5.84. The highest BCUT2D eigenvalue weighted by Gasteiger charge is 2.46. The van der Waals surface area contributed by atoms with Crippen LogP contribution in [0.4, 0.5) is 5.69 Å². The van der Waals surface area contributed by atoms with Gasteiger partial charge in [0.05, 0.1) is 9.25 Å². The SMILES string of the molecule is O=[N+]([O-])c1ccc2c(c1)C1CCC2(Br)c2ccccc21. The maximum Gasteiger partial charge on any atom is 0.269 e. The molecule has 0 N–H and O–H groups in total. The van der Waals surface area contributed by atoms with Crippen molar-refractivity contribution < 1.29 is 4.92 Å². The lowest BCUT2D eigenvalue weighted by Crippen LogP contribution is -2.35. The molecule has 2 unspecified atom stereocenters. The van der Waals surface area contributed by atoms with Crippen molar-refractivity contribution in [1.29, 1.82) is 0 Å². The van der Waals surface area contributed by atoms with Crippen LogP contribution in [0.3, 0.4) is 0 Å². The highest BCUT2D eigenvalue weighted by Crippen LogP contribution is 2.59. The minimum Gasteiger partial charge on any atom is -0.258 e. The smallest absolute Gasteiger partial charge is 0.258 e. The number of nitro benzene ring substituents is 1. The zero-order valence-electron chi connectivity index (χ0n) is 10.7. The molecular formula is C16H12BrNO2. The molecule has 3 aliphatic rings. The molecule has 4 heteroatoms. The van der Waals surface area contributed by atoms with Gasteiger partial charge in [0, 0.05) is 18.1 Å². The van der Waals surface area contributed by atoms with Gasteiger partial charge in [0.25, 0.3) is 5.69 Å². The summed E-state index contributed by atoms with van der Waals surface area (Å²) >= 11 is 3.92. The van der Waals surface area contributed by atoms with E-state index < -0.39 is 0 Å². The highest BCUT2D eigenvalue weighted by atomic mass is 79.9. The van der Waals surface area contributed by atoms with E-state index >= 15 is 0 Å². The Morgan fingerprint density at radius 2 is 1.90 bits per heavy atom. The molecule has 2 aromatic rings. The van der Waals surface area contributed by atoms with E-state index in [1.807, 2.05) is 12.1 Å². The van der Waals surface area contributed by atoms with E-state index in [1.54, 1.807) is 12.1 Å². The lowest BCUT2D eigenvalue weighted by atomic mass is 9.63. The van der Waals surface area contributed by atoms with Crippen LogP contribution < -0.4 is 0 Å². The molecule has 2 aromatic carbocycles. The standard InChI is InChI=1S/C16H12BrNO2/c17-16-8-7-11(12-3-1-2-4-14(12)16)13-9-10(18(19)20)5-6-15(13)16/h1-6,9,11H,7-8H2. The minimum atomic E-state index is -0.310. The molecule has 100 valence electrons. The van der Waals surface area contributed by atoms with Crippen molar-refractivity contribution in [3.05, 3.63) is 74.8 Å². The molecule has 0 heterocycles. The normalized spacial score (nSPS) is 25.9. The molecule has 0 fully saturated rings. The summed E-state index contributed by atoms with van der Waals surface area (Å²) in [6, 6.07) is 13.7. The van der Waals surface area contributed by atoms with Gasteiger partial charge in [-0.1, -0.05) is 46.3 Å². The second-order valence-corrected chi connectivity index (χ2v) is 6.86. The summed E-state index contributed by atoms with van der Waals surface area (Å²) in [7, 11) is 0. The van der Waals surface area contributed by atoms with Crippen molar-refractivity contribution in [1.82, 2.24) is 0 Å². The van der Waals surface area contributed by atoms with Gasteiger partial charge in [-0.3, -0.25) is 10.1 Å². The Morgan fingerprint density at radius 3 is 2.70 bits per heavy atom. The molecular weight excluding hydrogens is 318 g/mol. The number of nitro groups is 1. The van der Waals surface area contributed by atoms with Gasteiger partial charge in [-0.15, -0.1) is 0 Å². The summed E-state index contributed by atoms with van der Waals surface area (Å²) in [6.07, 6.45) is 2.08. The number of hydrogen-bond donors (Lipinski definition) is 0. The molecule has 2 bridgehead atoms. The van der Waals surface area contributed by atoms with E-state index in [0.717, 1.165) is 18.4 Å². The van der Waals surface area contributed by atoms with Crippen LogP contribution in [0, 0.1) is 10.1 Å². The summed E-state index contributed by atoms with van der Waals surface area (Å²) in [5, 5.41) is 11.0. The fraction of sp³-hybridized carbons (Fsp3) is 0.250. The summed E-state index contributed by atoms with van der Waals surface area (Å²) in [5.74, 6) is 0.292. The van der Waals surface area contributed by atoms with Crippen LogP contribution in [-0.4, -0.2) is 4.92 Å². The minimum absolute atomic E-state index is 0.178. The van der Waals surface area contributed by atoms with Crippen LogP contribution in [0.1, 0.15) is 41.0 Å². The van der Waals surface area contributed by atoms with Gasteiger partial charge in [-0.05, 0) is 35.1 Å². The second-order valence-electron chi connectivity index (χ2n) is 5.51. The van der Waals surface area contributed by atoms with Crippen LogP contribution in [-0.2, 0) is 4.32 Å². The van der Waals surface area contributed by atoms with Gasteiger partial charge < -0.3 is 0 Å². The van der Waals surface area contributed by atoms with Crippen LogP contribution in [0.2, 0.25) is 0 Å². The van der Waals surface area contributed by atoms with Crippen molar-refractivity contribution in [2.45, 2.75) is 23.1 Å². The molecule has 0 aliphatic heterocycles. The molecule has 3 aliphatic carbocycles. The van der Waals surface area contributed by atoms with Gasteiger partial charge in [-0.25, -0.2) is 0 Å². The maximum absolute atomic E-state index is 11.0. The van der Waals surface area contributed by atoms with Crippen molar-refractivity contribution in [3.8, 4) is 0 Å². The number of non-ortho nitro benzene ring substituents is 1. The van der Waals surface area contributed by atoms with Crippen molar-refractivity contribution in [2.75, 3.05) is 0 Å². The Kier molecular flexibility index (Phi) is 2.37. The number of rotatable bonds is 1. The summed E-state index contributed by atoms with van der Waals surface area (Å²) in [5.41, 5.74) is 5.12. The largest absolute Gasteiger partial charge is 0.269 e.